The molecule has 1 amide bonds. The van der Waals surface area contributed by atoms with Crippen molar-refractivity contribution < 1.29 is 17.4 Å². The third kappa shape index (κ3) is 4.69. The molecular formula is C20H24Cl2N2O4S. The van der Waals surface area contributed by atoms with Gasteiger partial charge in [-0.15, -0.1) is 0 Å². The minimum absolute atomic E-state index is 0.0353. The number of halogens is 2. The molecule has 0 aromatic heterocycles. The maximum atomic E-state index is 13.2. The molecule has 2 aromatic rings. The summed E-state index contributed by atoms with van der Waals surface area (Å²) in [5.74, 6) is -0.821. The fourth-order valence-corrected chi connectivity index (χ4v) is 5.40. The number of rotatable bonds is 6. The first-order valence-electron chi connectivity index (χ1n) is 8.82. The molecule has 0 spiro atoms. The second-order valence-electron chi connectivity index (χ2n) is 7.07. The second-order valence-corrected chi connectivity index (χ2v) is 9.40. The molecule has 0 radical (unpaired) electrons. The third-order valence-corrected chi connectivity index (χ3v) is 7.23. The molecule has 0 fully saturated rings. The molecule has 2 rings (SSSR count). The summed E-state index contributed by atoms with van der Waals surface area (Å²) in [4.78, 5) is 11.4. The molecule has 2 aromatic carbocycles. The summed E-state index contributed by atoms with van der Waals surface area (Å²) in [6.07, 6.45) is -0.228. The van der Waals surface area contributed by atoms with Crippen LogP contribution in [0.5, 0.6) is 5.75 Å². The molecule has 0 heterocycles. The van der Waals surface area contributed by atoms with Gasteiger partial charge in [-0.25, -0.2) is 0 Å². The van der Waals surface area contributed by atoms with E-state index in [4.69, 9.17) is 38.9 Å². The summed E-state index contributed by atoms with van der Waals surface area (Å²) in [7, 11) is -4.26. The fraction of sp³-hybridized carbons (Fsp3) is 0.350. The van der Waals surface area contributed by atoms with Gasteiger partial charge in [-0.1, -0.05) is 23.2 Å². The molecule has 1 atom stereocenters. The number of nitrogens with two attached hydrogens (primary N) is 2. The minimum atomic E-state index is -4.26. The zero-order valence-corrected chi connectivity index (χ0v) is 19.2. The lowest BCUT2D eigenvalue weighted by Gasteiger charge is -2.21. The van der Waals surface area contributed by atoms with Gasteiger partial charge in [0, 0.05) is 23.0 Å². The zero-order chi connectivity index (χ0) is 22.3. The highest BCUT2D eigenvalue weighted by Gasteiger charge is 2.29. The number of primary amides is 1. The van der Waals surface area contributed by atoms with Crippen LogP contribution < -0.4 is 15.7 Å². The Labute approximate surface area is 181 Å². The summed E-state index contributed by atoms with van der Waals surface area (Å²) in [6, 6.07) is 1.83. The predicted octanol–water partition coefficient (Wildman–Crippen LogP) is 4.18. The Morgan fingerprint density at radius 1 is 1.00 bits per heavy atom. The second kappa shape index (κ2) is 8.52. The minimum Gasteiger partial charge on any atom is -0.377 e. The van der Waals surface area contributed by atoms with Crippen LogP contribution in [0.4, 0.5) is 0 Å². The lowest BCUT2D eigenvalue weighted by Crippen LogP contribution is -2.22. The Morgan fingerprint density at radius 3 is 1.97 bits per heavy atom. The topological polar surface area (TPSA) is 112 Å². The third-order valence-electron chi connectivity index (χ3n) is 5.23. The number of hydrogen-bond donors (Lipinski definition) is 2. The van der Waals surface area contributed by atoms with E-state index in [1.165, 1.54) is 12.1 Å². The van der Waals surface area contributed by atoms with Crippen molar-refractivity contribution in [2.45, 2.75) is 52.0 Å². The van der Waals surface area contributed by atoms with Crippen molar-refractivity contribution in [1.29, 1.82) is 0 Å². The van der Waals surface area contributed by atoms with E-state index in [1.54, 1.807) is 13.8 Å². The number of hydrogen-bond acceptors (Lipinski definition) is 5. The van der Waals surface area contributed by atoms with Gasteiger partial charge in [0.1, 0.15) is 4.90 Å². The molecule has 4 N–H and O–H groups in total. The van der Waals surface area contributed by atoms with Gasteiger partial charge >= 0.3 is 10.1 Å². The predicted molar refractivity (Wildman–Crippen MR) is 115 cm³/mol. The van der Waals surface area contributed by atoms with E-state index in [0.717, 1.165) is 16.7 Å². The molecule has 158 valence electrons. The molecule has 0 bridgehead atoms. The molecule has 0 aliphatic carbocycles. The summed E-state index contributed by atoms with van der Waals surface area (Å²) in [6.45, 7) is 9.13. The molecule has 9 heteroatoms. The van der Waals surface area contributed by atoms with Crippen LogP contribution in [0.15, 0.2) is 17.0 Å². The fourth-order valence-electron chi connectivity index (χ4n) is 3.26. The van der Waals surface area contributed by atoms with E-state index in [2.05, 4.69) is 0 Å². The van der Waals surface area contributed by atoms with Gasteiger partial charge in [0.15, 0.2) is 5.75 Å². The standard InChI is InChI=1S/C20H24Cl2N2O4S/c1-9-10(2)12(4)20(13(5)11(9)3)29(26,27)28-19-15(17(23)8-18(24)25)6-14(21)7-16(19)22/h6-7,17H,8,23H2,1-5H3,(H2,24,25). The summed E-state index contributed by atoms with van der Waals surface area (Å²) in [5, 5.41) is 0.191. The van der Waals surface area contributed by atoms with Crippen LogP contribution in [0, 0.1) is 34.6 Å². The molecular weight excluding hydrogens is 435 g/mol. The van der Waals surface area contributed by atoms with Gasteiger partial charge in [0.05, 0.1) is 5.02 Å². The molecule has 0 aliphatic heterocycles. The van der Waals surface area contributed by atoms with E-state index < -0.39 is 22.1 Å². The smallest absolute Gasteiger partial charge is 0.339 e. The average Bonchev–Trinajstić information content (AvgIpc) is 2.59. The molecule has 1 unspecified atom stereocenters. The number of benzene rings is 2. The van der Waals surface area contributed by atoms with Crippen molar-refractivity contribution >= 4 is 39.2 Å². The van der Waals surface area contributed by atoms with Crippen LogP contribution in [-0.4, -0.2) is 14.3 Å². The highest BCUT2D eigenvalue weighted by atomic mass is 35.5. The number of carbonyl (C=O) groups is 1. The molecule has 0 saturated heterocycles. The normalized spacial score (nSPS) is 12.7. The van der Waals surface area contributed by atoms with E-state index >= 15 is 0 Å². The van der Waals surface area contributed by atoms with Gasteiger partial charge in [0.2, 0.25) is 5.91 Å². The van der Waals surface area contributed by atoms with Gasteiger partial charge in [-0.3, -0.25) is 4.79 Å². The highest BCUT2D eigenvalue weighted by molar-refractivity contribution is 7.87. The zero-order valence-electron chi connectivity index (χ0n) is 16.9. The summed E-state index contributed by atoms with van der Waals surface area (Å²) >= 11 is 12.3. The van der Waals surface area contributed by atoms with E-state index in [0.29, 0.717) is 11.1 Å². The molecule has 6 nitrogen and oxygen atoms in total. The first-order valence-corrected chi connectivity index (χ1v) is 11.0. The van der Waals surface area contributed by atoms with E-state index in [9.17, 15) is 13.2 Å². The van der Waals surface area contributed by atoms with Crippen molar-refractivity contribution in [2.75, 3.05) is 0 Å². The van der Waals surface area contributed by atoms with Gasteiger partial charge in [-0.2, -0.15) is 8.42 Å². The largest absolute Gasteiger partial charge is 0.377 e. The van der Waals surface area contributed by atoms with Crippen molar-refractivity contribution in [3.05, 3.63) is 55.6 Å². The maximum absolute atomic E-state index is 13.2. The molecule has 0 saturated carbocycles. The summed E-state index contributed by atoms with van der Waals surface area (Å²) in [5.41, 5.74) is 15.4. The van der Waals surface area contributed by atoms with Crippen molar-refractivity contribution in [2.24, 2.45) is 11.5 Å². The molecule has 0 aliphatic rings. The summed E-state index contributed by atoms with van der Waals surface area (Å²) < 4.78 is 32.0. The first-order chi connectivity index (χ1) is 13.3. The van der Waals surface area contributed by atoms with Crippen molar-refractivity contribution in [3.8, 4) is 5.75 Å². The Hall–Kier alpha value is -1.80. The van der Waals surface area contributed by atoms with Crippen LogP contribution >= 0.6 is 23.2 Å². The SMILES string of the molecule is Cc1c(C)c(C)c(S(=O)(=O)Oc2c(Cl)cc(Cl)cc2C(N)CC(N)=O)c(C)c1C. The highest BCUT2D eigenvalue weighted by Crippen LogP contribution is 2.39. The van der Waals surface area contributed by atoms with E-state index in [-0.39, 0.29) is 32.7 Å². The van der Waals surface area contributed by atoms with Crippen molar-refractivity contribution in [3.63, 3.8) is 0 Å². The van der Waals surface area contributed by atoms with Gasteiger partial charge in [0.25, 0.3) is 0 Å². The Bertz CT molecular complexity index is 1070. The first kappa shape index (κ1) is 23.5. The van der Waals surface area contributed by atoms with E-state index in [1.807, 2.05) is 20.8 Å². The quantitative estimate of drug-likeness (QED) is 0.630. The number of amides is 1. The average molecular weight is 459 g/mol. The van der Waals surface area contributed by atoms with Gasteiger partial charge < -0.3 is 15.7 Å². The Morgan fingerprint density at radius 2 is 1.48 bits per heavy atom. The lowest BCUT2D eigenvalue weighted by molar-refractivity contribution is -0.118. The van der Waals surface area contributed by atoms with Crippen molar-refractivity contribution in [1.82, 2.24) is 0 Å². The number of carbonyl (C=O) groups excluding carboxylic acids is 1. The van der Waals surface area contributed by atoms with Crippen LogP contribution in [0.25, 0.3) is 0 Å². The van der Waals surface area contributed by atoms with Crippen LogP contribution in [0.3, 0.4) is 0 Å². The maximum Gasteiger partial charge on any atom is 0.339 e. The Kier molecular flexibility index (Phi) is 6.89. The monoisotopic (exact) mass is 458 g/mol. The van der Waals surface area contributed by atoms with Crippen LogP contribution in [0.1, 0.15) is 45.8 Å². The van der Waals surface area contributed by atoms with Gasteiger partial charge in [-0.05, 0) is 74.6 Å². The molecule has 29 heavy (non-hydrogen) atoms. The van der Waals surface area contributed by atoms with Crippen LogP contribution in [0.2, 0.25) is 10.0 Å². The Balaban J connectivity index is 2.67. The van der Waals surface area contributed by atoms with Crippen LogP contribution in [-0.2, 0) is 14.9 Å². The lowest BCUT2D eigenvalue weighted by atomic mass is 9.95.